The molecule has 1 saturated heterocycles. The van der Waals surface area contributed by atoms with Crippen molar-refractivity contribution in [1.82, 2.24) is 15.5 Å². The molecule has 1 heterocycles. The standard InChI is InChI=1S/C16H34N4S.HI/c1-7-17-14(18-11-15(2,3)13-20(5)6)19-12-16(4)9-8-10-21-16;/h7-13H2,1-6H3,(H2,17,18,19);1H. The first kappa shape index (κ1) is 22.3. The largest absolute Gasteiger partial charge is 0.357 e. The van der Waals surface area contributed by atoms with Crippen LogP contribution >= 0.6 is 35.7 Å². The second-order valence-corrected chi connectivity index (χ2v) is 9.04. The molecule has 22 heavy (non-hydrogen) atoms. The SMILES string of the molecule is CCNC(=NCC(C)(C)CN(C)C)NCC1(C)CCCS1.I. The smallest absolute Gasteiger partial charge is 0.191 e. The van der Waals surface area contributed by atoms with Gasteiger partial charge in [-0.3, -0.25) is 4.99 Å². The van der Waals surface area contributed by atoms with Crippen LogP contribution in [0.4, 0.5) is 0 Å². The summed E-state index contributed by atoms with van der Waals surface area (Å²) in [7, 11) is 4.24. The Labute approximate surface area is 158 Å². The molecule has 0 spiro atoms. The predicted octanol–water partition coefficient (Wildman–Crippen LogP) is 3.03. The highest BCUT2D eigenvalue weighted by atomic mass is 127. The van der Waals surface area contributed by atoms with E-state index in [1.165, 1.54) is 18.6 Å². The van der Waals surface area contributed by atoms with Gasteiger partial charge in [-0.25, -0.2) is 0 Å². The van der Waals surface area contributed by atoms with Crippen molar-refractivity contribution in [1.29, 1.82) is 0 Å². The lowest BCUT2D eigenvalue weighted by molar-refractivity contribution is 0.248. The van der Waals surface area contributed by atoms with Gasteiger partial charge in [-0.1, -0.05) is 13.8 Å². The molecule has 1 atom stereocenters. The summed E-state index contributed by atoms with van der Waals surface area (Å²) in [6.45, 7) is 12.8. The molecular formula is C16H35IN4S. The molecule has 132 valence electrons. The Kier molecular flexibility index (Phi) is 10.4. The lowest BCUT2D eigenvalue weighted by atomic mass is 9.93. The molecule has 2 N–H and O–H groups in total. The van der Waals surface area contributed by atoms with Crippen molar-refractivity contribution in [2.45, 2.75) is 45.3 Å². The number of halogens is 1. The Balaban J connectivity index is 0.00000441. The maximum atomic E-state index is 4.79. The first-order valence-corrected chi connectivity index (χ1v) is 9.06. The van der Waals surface area contributed by atoms with Crippen molar-refractivity contribution in [3.05, 3.63) is 0 Å². The van der Waals surface area contributed by atoms with E-state index in [-0.39, 0.29) is 29.4 Å². The van der Waals surface area contributed by atoms with Gasteiger partial charge in [0.25, 0.3) is 0 Å². The van der Waals surface area contributed by atoms with E-state index >= 15 is 0 Å². The summed E-state index contributed by atoms with van der Waals surface area (Å²) in [6, 6.07) is 0. The molecule has 1 rings (SSSR count). The zero-order valence-corrected chi connectivity index (χ0v) is 18.3. The number of thioether (sulfide) groups is 1. The molecule has 0 radical (unpaired) electrons. The molecule has 1 aliphatic rings. The minimum Gasteiger partial charge on any atom is -0.357 e. The van der Waals surface area contributed by atoms with Crippen molar-refractivity contribution in [3.8, 4) is 0 Å². The van der Waals surface area contributed by atoms with Crippen LogP contribution in [0.15, 0.2) is 4.99 Å². The fourth-order valence-corrected chi connectivity index (χ4v) is 4.03. The number of guanidine groups is 1. The van der Waals surface area contributed by atoms with E-state index in [1.54, 1.807) is 0 Å². The lowest BCUT2D eigenvalue weighted by Crippen LogP contribution is -2.44. The van der Waals surface area contributed by atoms with E-state index in [4.69, 9.17) is 4.99 Å². The monoisotopic (exact) mass is 442 g/mol. The molecule has 6 heteroatoms. The molecule has 0 aromatic heterocycles. The highest BCUT2D eigenvalue weighted by molar-refractivity contribution is 14.0. The van der Waals surface area contributed by atoms with E-state index < -0.39 is 0 Å². The van der Waals surface area contributed by atoms with Crippen LogP contribution in [0.2, 0.25) is 0 Å². The Morgan fingerprint density at radius 2 is 2.00 bits per heavy atom. The molecule has 0 aromatic carbocycles. The van der Waals surface area contributed by atoms with E-state index in [2.05, 4.69) is 69.1 Å². The van der Waals surface area contributed by atoms with Gasteiger partial charge in [0.2, 0.25) is 0 Å². The second-order valence-electron chi connectivity index (χ2n) is 7.35. The minimum absolute atomic E-state index is 0. The van der Waals surface area contributed by atoms with Crippen molar-refractivity contribution in [2.75, 3.05) is 46.0 Å². The normalized spacial score (nSPS) is 22.6. The topological polar surface area (TPSA) is 39.7 Å². The molecule has 0 amide bonds. The number of nitrogens with zero attached hydrogens (tertiary/aromatic N) is 2. The van der Waals surface area contributed by atoms with Crippen molar-refractivity contribution in [3.63, 3.8) is 0 Å². The zero-order valence-electron chi connectivity index (χ0n) is 15.2. The van der Waals surface area contributed by atoms with Crippen LogP contribution in [0.1, 0.15) is 40.5 Å². The molecule has 4 nitrogen and oxygen atoms in total. The number of hydrogen-bond donors (Lipinski definition) is 2. The Hall–Kier alpha value is 0.310. The van der Waals surface area contributed by atoms with Crippen molar-refractivity contribution < 1.29 is 0 Å². The first-order chi connectivity index (χ1) is 9.76. The average molecular weight is 442 g/mol. The maximum Gasteiger partial charge on any atom is 0.191 e. The number of aliphatic imine (C=N–C) groups is 1. The van der Waals surface area contributed by atoms with Crippen LogP contribution in [0.3, 0.4) is 0 Å². The first-order valence-electron chi connectivity index (χ1n) is 8.07. The Bertz CT molecular complexity index is 339. The predicted molar refractivity (Wildman–Crippen MR) is 112 cm³/mol. The number of hydrogen-bond acceptors (Lipinski definition) is 3. The van der Waals surface area contributed by atoms with Gasteiger partial charge in [-0.15, -0.1) is 24.0 Å². The van der Waals surface area contributed by atoms with E-state index in [1.807, 2.05) is 0 Å². The second kappa shape index (κ2) is 10.2. The quantitative estimate of drug-likeness (QED) is 0.361. The molecule has 1 aliphatic heterocycles. The van der Waals surface area contributed by atoms with Crippen LogP contribution < -0.4 is 10.6 Å². The molecule has 0 bridgehead atoms. The maximum absolute atomic E-state index is 4.79. The van der Waals surface area contributed by atoms with Crippen LogP contribution in [0.5, 0.6) is 0 Å². The van der Waals surface area contributed by atoms with Crippen LogP contribution in [0, 0.1) is 5.41 Å². The lowest BCUT2D eigenvalue weighted by Gasteiger charge is -2.28. The van der Waals surface area contributed by atoms with E-state index in [0.29, 0.717) is 4.75 Å². The molecular weight excluding hydrogens is 407 g/mol. The van der Waals surface area contributed by atoms with Gasteiger partial charge in [-0.2, -0.15) is 11.8 Å². The average Bonchev–Trinajstić information content (AvgIpc) is 2.79. The van der Waals surface area contributed by atoms with E-state index in [9.17, 15) is 0 Å². The Morgan fingerprint density at radius 1 is 1.32 bits per heavy atom. The van der Waals surface area contributed by atoms with Gasteiger partial charge in [0.15, 0.2) is 5.96 Å². The number of rotatable bonds is 7. The highest BCUT2D eigenvalue weighted by Crippen LogP contribution is 2.36. The van der Waals surface area contributed by atoms with Gasteiger partial charge in [-0.05, 0) is 52.0 Å². The number of nitrogens with one attached hydrogen (secondary N) is 2. The van der Waals surface area contributed by atoms with Gasteiger partial charge >= 0.3 is 0 Å². The summed E-state index contributed by atoms with van der Waals surface area (Å²) in [5, 5.41) is 6.90. The third-order valence-electron chi connectivity index (χ3n) is 3.68. The van der Waals surface area contributed by atoms with Crippen LogP contribution in [0.25, 0.3) is 0 Å². The molecule has 0 aromatic rings. The third kappa shape index (κ3) is 8.82. The third-order valence-corrected chi connectivity index (χ3v) is 5.22. The summed E-state index contributed by atoms with van der Waals surface area (Å²) < 4.78 is 0.370. The van der Waals surface area contributed by atoms with E-state index in [0.717, 1.165) is 32.1 Å². The molecule has 0 aliphatic carbocycles. The fourth-order valence-electron chi connectivity index (χ4n) is 2.79. The molecule has 1 fully saturated rings. The summed E-state index contributed by atoms with van der Waals surface area (Å²) >= 11 is 2.08. The fraction of sp³-hybridized carbons (Fsp3) is 0.938. The van der Waals surface area contributed by atoms with Crippen LogP contribution in [-0.2, 0) is 0 Å². The van der Waals surface area contributed by atoms with Gasteiger partial charge < -0.3 is 15.5 Å². The zero-order chi connectivity index (χ0) is 15.9. The van der Waals surface area contributed by atoms with Crippen molar-refractivity contribution in [2.24, 2.45) is 10.4 Å². The molecule has 1 unspecified atom stereocenters. The summed E-state index contributed by atoms with van der Waals surface area (Å²) in [5.41, 5.74) is 0.192. The van der Waals surface area contributed by atoms with Crippen LogP contribution in [-0.4, -0.2) is 61.6 Å². The minimum atomic E-state index is 0. The van der Waals surface area contributed by atoms with Gasteiger partial charge in [0.05, 0.1) is 0 Å². The van der Waals surface area contributed by atoms with Gasteiger partial charge in [0.1, 0.15) is 0 Å². The molecule has 0 saturated carbocycles. The highest BCUT2D eigenvalue weighted by Gasteiger charge is 2.29. The summed E-state index contributed by atoms with van der Waals surface area (Å²) in [6.07, 6.45) is 2.64. The van der Waals surface area contributed by atoms with Crippen molar-refractivity contribution >= 4 is 41.7 Å². The summed E-state index contributed by atoms with van der Waals surface area (Å²) in [4.78, 5) is 7.02. The summed E-state index contributed by atoms with van der Waals surface area (Å²) in [5.74, 6) is 2.25. The van der Waals surface area contributed by atoms with Gasteiger partial charge in [0, 0.05) is 30.9 Å². The Morgan fingerprint density at radius 3 is 2.50 bits per heavy atom.